The summed E-state index contributed by atoms with van der Waals surface area (Å²) < 4.78 is 9.82. The molecule has 0 unspecified atom stereocenters. The fourth-order valence-electron chi connectivity index (χ4n) is 1.49. The van der Waals surface area contributed by atoms with Gasteiger partial charge in [-0.3, -0.25) is 4.79 Å². The Hall–Kier alpha value is -0.690. The number of aliphatic hydroxyl groups is 3. The Morgan fingerprint density at radius 3 is 2.47 bits per heavy atom. The summed E-state index contributed by atoms with van der Waals surface area (Å²) in [6.07, 6.45) is -4.04. The maximum absolute atomic E-state index is 11.4. The smallest absolute Gasteiger partial charge is 0.311 e. The van der Waals surface area contributed by atoms with Crippen molar-refractivity contribution < 1.29 is 29.6 Å². The molecule has 3 N–H and O–H groups in total. The summed E-state index contributed by atoms with van der Waals surface area (Å²) in [5.74, 6) is -0.440. The Bertz CT molecular complexity index is 272. The number of esters is 1. The maximum atomic E-state index is 11.4. The molecule has 6 nitrogen and oxygen atoms in total. The second-order valence-corrected chi connectivity index (χ2v) is 5.27. The quantitative estimate of drug-likeness (QED) is 0.577. The minimum absolute atomic E-state index is 0.0505. The van der Waals surface area contributed by atoms with E-state index in [2.05, 4.69) is 0 Å². The van der Waals surface area contributed by atoms with Crippen molar-refractivity contribution in [2.45, 2.75) is 51.8 Å². The molecule has 17 heavy (non-hydrogen) atoms. The molecule has 0 aromatic rings. The fourth-order valence-corrected chi connectivity index (χ4v) is 1.49. The van der Waals surface area contributed by atoms with E-state index in [1.165, 1.54) is 0 Å². The largest absolute Gasteiger partial charge is 0.462 e. The van der Waals surface area contributed by atoms with Gasteiger partial charge in [-0.15, -0.1) is 0 Å². The predicted octanol–water partition coefficient (Wildman–Crippen LogP) is -0.595. The van der Waals surface area contributed by atoms with Gasteiger partial charge in [-0.05, 0) is 20.8 Å². The van der Waals surface area contributed by atoms with Crippen molar-refractivity contribution in [3.05, 3.63) is 0 Å². The molecule has 1 aliphatic heterocycles. The molecule has 4 atom stereocenters. The molecule has 0 saturated carbocycles. The summed E-state index contributed by atoms with van der Waals surface area (Å²) in [6, 6.07) is 0. The molecule has 1 rings (SSSR count). The topological polar surface area (TPSA) is 96.2 Å². The molecule has 6 heteroatoms. The van der Waals surface area contributed by atoms with E-state index >= 15 is 0 Å². The van der Waals surface area contributed by atoms with Crippen LogP contribution in [0.15, 0.2) is 0 Å². The normalized spacial score (nSPS) is 31.3. The van der Waals surface area contributed by atoms with Crippen LogP contribution in [0.25, 0.3) is 0 Å². The predicted molar refractivity (Wildman–Crippen MR) is 57.9 cm³/mol. The molecule has 1 saturated heterocycles. The number of carbonyl (C=O) groups excluding carboxylic acids is 1. The van der Waals surface area contributed by atoms with Crippen LogP contribution in [0.2, 0.25) is 0 Å². The van der Waals surface area contributed by atoms with Crippen molar-refractivity contribution in [2.24, 2.45) is 5.41 Å². The van der Waals surface area contributed by atoms with E-state index in [1.54, 1.807) is 20.8 Å². The first-order valence-electron chi connectivity index (χ1n) is 5.58. The number of hydrogen-bond acceptors (Lipinski definition) is 6. The zero-order valence-electron chi connectivity index (χ0n) is 10.3. The van der Waals surface area contributed by atoms with E-state index in [4.69, 9.17) is 14.6 Å². The monoisotopic (exact) mass is 248 g/mol. The van der Waals surface area contributed by atoms with Crippen LogP contribution in [0.3, 0.4) is 0 Å². The summed E-state index contributed by atoms with van der Waals surface area (Å²) in [5, 5.41) is 28.3. The molecule has 100 valence electrons. The minimum Gasteiger partial charge on any atom is -0.462 e. The molecule has 0 spiro atoms. The van der Waals surface area contributed by atoms with E-state index in [9.17, 15) is 15.0 Å². The number of rotatable bonds is 3. The van der Waals surface area contributed by atoms with Crippen molar-refractivity contribution in [2.75, 3.05) is 6.61 Å². The number of carbonyl (C=O) groups is 1. The van der Waals surface area contributed by atoms with E-state index in [-0.39, 0.29) is 13.0 Å². The summed E-state index contributed by atoms with van der Waals surface area (Å²) >= 11 is 0. The van der Waals surface area contributed by atoms with Crippen LogP contribution in [-0.4, -0.2) is 52.5 Å². The Morgan fingerprint density at radius 2 is 2.06 bits per heavy atom. The Kier molecular flexibility index (Phi) is 4.48. The number of ether oxygens (including phenoxy) is 2. The zero-order chi connectivity index (χ0) is 13.2. The molecular formula is C11H20O6. The second kappa shape index (κ2) is 5.30. The van der Waals surface area contributed by atoms with Gasteiger partial charge in [0.15, 0.2) is 6.29 Å². The van der Waals surface area contributed by atoms with Crippen LogP contribution >= 0.6 is 0 Å². The molecule has 1 heterocycles. The molecule has 0 radical (unpaired) electrons. The highest BCUT2D eigenvalue weighted by atomic mass is 16.6. The van der Waals surface area contributed by atoms with Gasteiger partial charge in [0.2, 0.25) is 0 Å². The molecule has 0 aromatic heterocycles. The highest BCUT2D eigenvalue weighted by molar-refractivity contribution is 5.75. The van der Waals surface area contributed by atoms with E-state index in [0.717, 1.165) is 0 Å². The Labute approximate surface area is 100 Å². The third-order valence-electron chi connectivity index (χ3n) is 2.51. The van der Waals surface area contributed by atoms with Gasteiger partial charge in [0.1, 0.15) is 18.8 Å². The van der Waals surface area contributed by atoms with Gasteiger partial charge < -0.3 is 24.8 Å². The number of hydrogen-bond donors (Lipinski definition) is 3. The number of aliphatic hydroxyl groups excluding tert-OH is 3. The minimum atomic E-state index is -1.14. The first-order chi connectivity index (χ1) is 7.71. The highest BCUT2D eigenvalue weighted by Crippen LogP contribution is 2.22. The second-order valence-electron chi connectivity index (χ2n) is 5.27. The molecule has 1 fully saturated rings. The van der Waals surface area contributed by atoms with Gasteiger partial charge in [0.05, 0.1) is 11.5 Å². The van der Waals surface area contributed by atoms with Gasteiger partial charge in [-0.1, -0.05) is 0 Å². The lowest BCUT2D eigenvalue weighted by Crippen LogP contribution is -2.39. The third-order valence-corrected chi connectivity index (χ3v) is 2.51. The molecule has 0 aromatic carbocycles. The Balaban J connectivity index is 2.40. The van der Waals surface area contributed by atoms with Gasteiger partial charge in [-0.2, -0.15) is 0 Å². The van der Waals surface area contributed by atoms with Crippen molar-refractivity contribution in [3.63, 3.8) is 0 Å². The van der Waals surface area contributed by atoms with Crippen molar-refractivity contribution in [1.82, 2.24) is 0 Å². The van der Waals surface area contributed by atoms with E-state index < -0.39 is 36.0 Å². The van der Waals surface area contributed by atoms with Gasteiger partial charge >= 0.3 is 5.97 Å². The van der Waals surface area contributed by atoms with Gasteiger partial charge in [0.25, 0.3) is 0 Å². The van der Waals surface area contributed by atoms with Crippen LogP contribution in [0, 0.1) is 5.41 Å². The SMILES string of the molecule is CC(C)(C)C(=O)OC[C@@H](O)[C@@H]1O[C@H](O)C[C@H]1O. The van der Waals surface area contributed by atoms with Crippen LogP contribution in [0.1, 0.15) is 27.2 Å². The van der Waals surface area contributed by atoms with Crippen LogP contribution in [0.5, 0.6) is 0 Å². The molecule has 1 aliphatic rings. The van der Waals surface area contributed by atoms with Crippen LogP contribution in [0.4, 0.5) is 0 Å². The lowest BCUT2D eigenvalue weighted by atomic mass is 9.97. The average Bonchev–Trinajstić information content (AvgIpc) is 2.52. The maximum Gasteiger partial charge on any atom is 0.311 e. The van der Waals surface area contributed by atoms with Gasteiger partial charge in [0, 0.05) is 6.42 Å². The van der Waals surface area contributed by atoms with Crippen LogP contribution in [-0.2, 0) is 14.3 Å². The average molecular weight is 248 g/mol. The summed E-state index contributed by atoms with van der Waals surface area (Å²) in [6.45, 7) is 4.84. The standard InChI is InChI=1S/C11H20O6/c1-11(2,3)10(15)16-5-7(13)9-6(12)4-8(14)17-9/h6-9,12-14H,4-5H2,1-3H3/t6-,7-,8+,9-/m1/s1. The summed E-state index contributed by atoms with van der Waals surface area (Å²) in [4.78, 5) is 11.4. The van der Waals surface area contributed by atoms with Crippen LogP contribution < -0.4 is 0 Å². The molecule has 0 aliphatic carbocycles. The van der Waals surface area contributed by atoms with Gasteiger partial charge in [-0.25, -0.2) is 0 Å². The third kappa shape index (κ3) is 3.92. The fraction of sp³-hybridized carbons (Fsp3) is 0.909. The van der Waals surface area contributed by atoms with E-state index in [1.807, 2.05) is 0 Å². The lowest BCUT2D eigenvalue weighted by molar-refractivity contribution is -0.166. The van der Waals surface area contributed by atoms with E-state index in [0.29, 0.717) is 0 Å². The summed E-state index contributed by atoms with van der Waals surface area (Å²) in [7, 11) is 0. The van der Waals surface area contributed by atoms with Crippen molar-refractivity contribution in [3.8, 4) is 0 Å². The zero-order valence-corrected chi connectivity index (χ0v) is 10.3. The molecular weight excluding hydrogens is 228 g/mol. The summed E-state index contributed by atoms with van der Waals surface area (Å²) in [5.41, 5.74) is -0.644. The molecule has 0 amide bonds. The molecule has 0 bridgehead atoms. The van der Waals surface area contributed by atoms with Crippen molar-refractivity contribution in [1.29, 1.82) is 0 Å². The lowest BCUT2D eigenvalue weighted by Gasteiger charge is -2.22. The van der Waals surface area contributed by atoms with Crippen molar-refractivity contribution >= 4 is 5.97 Å². The first kappa shape index (κ1) is 14.4. The highest BCUT2D eigenvalue weighted by Gasteiger charge is 2.38. The first-order valence-corrected chi connectivity index (χ1v) is 5.58. The Morgan fingerprint density at radius 1 is 1.47 bits per heavy atom.